The normalized spacial score (nSPS) is 13.0. The highest BCUT2D eigenvalue weighted by molar-refractivity contribution is 14.1. The summed E-state index contributed by atoms with van der Waals surface area (Å²) in [6.45, 7) is 0.204. The summed E-state index contributed by atoms with van der Waals surface area (Å²) in [5.74, 6) is 1.39. The largest absolute Gasteiger partial charge is 0.454 e. The molecule has 0 aliphatic carbocycles. The van der Waals surface area contributed by atoms with Crippen LogP contribution in [0.1, 0.15) is 0 Å². The number of halogens is 1. The highest BCUT2D eigenvalue weighted by Gasteiger charge is 2.34. The van der Waals surface area contributed by atoms with Gasteiger partial charge in [-0.25, -0.2) is 0 Å². The van der Waals surface area contributed by atoms with Crippen molar-refractivity contribution in [2.24, 2.45) is 0 Å². The summed E-state index contributed by atoms with van der Waals surface area (Å²) in [5, 5.41) is 2.41. The van der Waals surface area contributed by atoms with E-state index in [-0.39, 0.29) is 6.79 Å². The van der Waals surface area contributed by atoms with Gasteiger partial charge in [-0.15, -0.1) is 0 Å². The van der Waals surface area contributed by atoms with Crippen molar-refractivity contribution in [1.82, 2.24) is 0 Å². The topological polar surface area (TPSA) is 35.5 Å². The molecule has 0 saturated carbocycles. The summed E-state index contributed by atoms with van der Waals surface area (Å²) < 4.78 is 26.2. The van der Waals surface area contributed by atoms with Crippen LogP contribution in [-0.2, 0) is 4.57 Å². The monoisotopic (exact) mass is 448 g/mol. The van der Waals surface area contributed by atoms with Crippen LogP contribution in [0.15, 0.2) is 72.8 Å². The predicted octanol–water partition coefficient (Wildman–Crippen LogP) is 3.66. The molecule has 5 heteroatoms. The van der Waals surface area contributed by atoms with Gasteiger partial charge in [0.25, 0.3) is 0 Å². The Balaban J connectivity index is 2.01. The van der Waals surface area contributed by atoms with E-state index in [4.69, 9.17) is 9.47 Å². The maximum Gasteiger partial charge on any atom is 0.231 e. The molecule has 0 atom stereocenters. The number of rotatable bonds is 3. The minimum absolute atomic E-state index is 0.204. The van der Waals surface area contributed by atoms with Gasteiger partial charge < -0.3 is 14.0 Å². The van der Waals surface area contributed by atoms with Crippen molar-refractivity contribution in [2.45, 2.75) is 0 Å². The summed E-state index contributed by atoms with van der Waals surface area (Å²) in [6, 6.07) is 23.0. The van der Waals surface area contributed by atoms with Crippen LogP contribution in [0.3, 0.4) is 0 Å². The second-order valence-electron chi connectivity index (χ2n) is 5.41. The molecular formula is C19H14IO3P. The zero-order chi connectivity index (χ0) is 16.6. The van der Waals surface area contributed by atoms with Gasteiger partial charge >= 0.3 is 0 Å². The molecule has 1 heterocycles. The molecular weight excluding hydrogens is 434 g/mol. The van der Waals surface area contributed by atoms with Crippen LogP contribution in [0.4, 0.5) is 0 Å². The molecule has 3 aromatic rings. The smallest absolute Gasteiger partial charge is 0.231 e. The van der Waals surface area contributed by atoms with Crippen molar-refractivity contribution in [3.05, 3.63) is 76.4 Å². The molecule has 24 heavy (non-hydrogen) atoms. The maximum atomic E-state index is 14.3. The first-order valence-corrected chi connectivity index (χ1v) is 10.3. The molecule has 0 N–H and O–H groups in total. The summed E-state index contributed by atoms with van der Waals surface area (Å²) in [6.07, 6.45) is 0. The van der Waals surface area contributed by atoms with E-state index >= 15 is 0 Å². The Morgan fingerprint density at radius 2 is 1.38 bits per heavy atom. The van der Waals surface area contributed by atoms with Gasteiger partial charge in [-0.05, 0) is 34.7 Å². The van der Waals surface area contributed by atoms with Crippen LogP contribution >= 0.6 is 29.7 Å². The van der Waals surface area contributed by atoms with E-state index in [1.54, 1.807) is 0 Å². The SMILES string of the molecule is O=P(c1ccccc1)(c1ccccc1)c1ccc2c(c1I)OCO2. The summed E-state index contributed by atoms with van der Waals surface area (Å²) in [7, 11) is -2.99. The van der Waals surface area contributed by atoms with Gasteiger partial charge in [0, 0.05) is 15.9 Å². The second kappa shape index (κ2) is 6.26. The van der Waals surface area contributed by atoms with E-state index in [0.717, 1.165) is 19.5 Å². The van der Waals surface area contributed by atoms with Crippen LogP contribution in [0.25, 0.3) is 0 Å². The molecule has 0 aromatic heterocycles. The summed E-state index contributed by atoms with van der Waals surface area (Å²) in [5.41, 5.74) is 0. The zero-order valence-corrected chi connectivity index (χ0v) is 15.7. The molecule has 0 fully saturated rings. The average Bonchev–Trinajstić information content (AvgIpc) is 3.13. The molecule has 0 unspecified atom stereocenters. The lowest BCUT2D eigenvalue weighted by atomic mass is 10.3. The Morgan fingerprint density at radius 3 is 1.96 bits per heavy atom. The van der Waals surface area contributed by atoms with E-state index in [1.807, 2.05) is 72.8 Å². The molecule has 1 aliphatic heterocycles. The van der Waals surface area contributed by atoms with Crippen molar-refractivity contribution in [1.29, 1.82) is 0 Å². The highest BCUT2D eigenvalue weighted by atomic mass is 127. The fourth-order valence-corrected chi connectivity index (χ4v) is 7.20. The Labute approximate surface area is 154 Å². The lowest BCUT2D eigenvalue weighted by Gasteiger charge is -2.21. The van der Waals surface area contributed by atoms with Gasteiger partial charge in [-0.1, -0.05) is 60.7 Å². The molecule has 4 rings (SSSR count). The number of ether oxygens (including phenoxy) is 2. The quantitative estimate of drug-likeness (QED) is 0.454. The molecule has 0 saturated heterocycles. The minimum atomic E-state index is -2.99. The van der Waals surface area contributed by atoms with Crippen molar-refractivity contribution in [3.63, 3.8) is 0 Å². The molecule has 0 radical (unpaired) electrons. The Kier molecular flexibility index (Phi) is 4.10. The van der Waals surface area contributed by atoms with Crippen molar-refractivity contribution in [2.75, 3.05) is 6.79 Å². The molecule has 0 bridgehead atoms. The van der Waals surface area contributed by atoms with E-state index in [1.165, 1.54) is 0 Å². The van der Waals surface area contributed by atoms with Gasteiger partial charge in [-0.2, -0.15) is 0 Å². The number of fused-ring (bicyclic) bond motifs is 1. The van der Waals surface area contributed by atoms with Gasteiger partial charge in [0.1, 0.15) is 0 Å². The van der Waals surface area contributed by atoms with Gasteiger partial charge in [0.2, 0.25) is 6.79 Å². The van der Waals surface area contributed by atoms with E-state index in [9.17, 15) is 4.57 Å². The van der Waals surface area contributed by atoms with E-state index in [2.05, 4.69) is 22.6 Å². The number of hydrogen-bond acceptors (Lipinski definition) is 3. The molecule has 1 aliphatic rings. The standard InChI is InChI=1S/C19H14IO3P/c20-18-17(12-11-16-19(18)23-13-22-16)24(21,14-7-3-1-4-8-14)15-9-5-2-6-10-15/h1-12H,13H2. The van der Waals surface area contributed by atoms with E-state index in [0.29, 0.717) is 11.5 Å². The van der Waals surface area contributed by atoms with Gasteiger partial charge in [-0.3, -0.25) is 0 Å². The average molecular weight is 448 g/mol. The van der Waals surface area contributed by atoms with Crippen molar-refractivity contribution < 1.29 is 14.0 Å². The summed E-state index contributed by atoms with van der Waals surface area (Å²) in [4.78, 5) is 0. The summed E-state index contributed by atoms with van der Waals surface area (Å²) >= 11 is 2.21. The molecule has 120 valence electrons. The number of hydrogen-bond donors (Lipinski definition) is 0. The third-order valence-corrected chi connectivity index (χ3v) is 8.64. The molecule has 3 nitrogen and oxygen atoms in total. The number of benzene rings is 3. The lowest BCUT2D eigenvalue weighted by molar-refractivity contribution is 0.173. The first-order chi connectivity index (χ1) is 11.7. The van der Waals surface area contributed by atoms with Gasteiger partial charge in [0.15, 0.2) is 18.6 Å². The Morgan fingerprint density at radius 1 is 0.792 bits per heavy atom. The van der Waals surface area contributed by atoms with Crippen molar-refractivity contribution >= 4 is 45.6 Å². The maximum absolute atomic E-state index is 14.3. The lowest BCUT2D eigenvalue weighted by Crippen LogP contribution is -2.26. The predicted molar refractivity (Wildman–Crippen MR) is 105 cm³/mol. The van der Waals surface area contributed by atoms with Crippen LogP contribution in [-0.4, -0.2) is 6.79 Å². The second-order valence-corrected chi connectivity index (χ2v) is 9.22. The van der Waals surface area contributed by atoms with E-state index < -0.39 is 7.14 Å². The van der Waals surface area contributed by atoms with Crippen LogP contribution in [0.5, 0.6) is 11.5 Å². The van der Waals surface area contributed by atoms with Crippen LogP contribution < -0.4 is 25.4 Å². The Hall–Kier alpha value is -1.78. The van der Waals surface area contributed by atoms with Crippen molar-refractivity contribution in [3.8, 4) is 11.5 Å². The fourth-order valence-electron chi connectivity index (χ4n) is 2.87. The van der Waals surface area contributed by atoms with Crippen LogP contribution in [0, 0.1) is 3.57 Å². The molecule has 0 amide bonds. The molecule has 0 spiro atoms. The zero-order valence-electron chi connectivity index (χ0n) is 12.7. The third kappa shape index (κ3) is 2.45. The highest BCUT2D eigenvalue weighted by Crippen LogP contribution is 2.47. The first-order valence-electron chi connectivity index (χ1n) is 7.51. The first kappa shape index (κ1) is 15.7. The fraction of sp³-hybridized carbons (Fsp3) is 0.0526. The van der Waals surface area contributed by atoms with Crippen LogP contribution in [0.2, 0.25) is 0 Å². The minimum Gasteiger partial charge on any atom is -0.454 e. The Bertz CT molecular complexity index is 883. The molecule has 3 aromatic carbocycles. The third-order valence-electron chi connectivity index (χ3n) is 4.04. The van der Waals surface area contributed by atoms with Gasteiger partial charge in [0.05, 0.1) is 3.57 Å².